The Hall–Kier alpha value is -1.06. The van der Waals surface area contributed by atoms with Gasteiger partial charge in [-0.1, -0.05) is 12.1 Å². The van der Waals surface area contributed by atoms with Gasteiger partial charge in [-0.15, -0.1) is 0 Å². The smallest absolute Gasteiger partial charge is 0.119 e. The van der Waals surface area contributed by atoms with Gasteiger partial charge >= 0.3 is 0 Å². The Labute approximate surface area is 91.2 Å². The minimum absolute atomic E-state index is 0.0320. The SMILES string of the molecule is CCOc1cccc(C(CN)OCC)c1. The molecule has 0 fully saturated rings. The Morgan fingerprint density at radius 1 is 1.27 bits per heavy atom. The van der Waals surface area contributed by atoms with Crippen molar-refractivity contribution in [2.24, 2.45) is 5.73 Å². The van der Waals surface area contributed by atoms with E-state index in [0.717, 1.165) is 11.3 Å². The first kappa shape index (κ1) is 12.0. The van der Waals surface area contributed by atoms with E-state index in [1.807, 2.05) is 38.1 Å². The zero-order chi connectivity index (χ0) is 11.1. The van der Waals surface area contributed by atoms with Crippen molar-refractivity contribution in [1.82, 2.24) is 0 Å². The molecule has 1 unspecified atom stereocenters. The molecule has 0 radical (unpaired) electrons. The van der Waals surface area contributed by atoms with Crippen molar-refractivity contribution >= 4 is 0 Å². The van der Waals surface area contributed by atoms with Crippen LogP contribution >= 0.6 is 0 Å². The predicted molar refractivity (Wildman–Crippen MR) is 61.0 cm³/mol. The highest BCUT2D eigenvalue weighted by molar-refractivity contribution is 5.30. The molecule has 0 aliphatic heterocycles. The van der Waals surface area contributed by atoms with Gasteiger partial charge in [-0.3, -0.25) is 0 Å². The fourth-order valence-corrected chi connectivity index (χ4v) is 1.47. The van der Waals surface area contributed by atoms with Crippen LogP contribution in [0.4, 0.5) is 0 Å². The molecule has 15 heavy (non-hydrogen) atoms. The molecule has 3 nitrogen and oxygen atoms in total. The van der Waals surface area contributed by atoms with Gasteiger partial charge in [-0.05, 0) is 31.5 Å². The fraction of sp³-hybridized carbons (Fsp3) is 0.500. The molecule has 0 amide bonds. The summed E-state index contributed by atoms with van der Waals surface area (Å²) in [6, 6.07) is 7.89. The summed E-state index contributed by atoms with van der Waals surface area (Å²) in [5.74, 6) is 0.869. The minimum atomic E-state index is -0.0320. The highest BCUT2D eigenvalue weighted by Gasteiger charge is 2.09. The molecule has 1 aromatic rings. The molecule has 84 valence electrons. The molecule has 0 saturated carbocycles. The van der Waals surface area contributed by atoms with Crippen LogP contribution in [0.15, 0.2) is 24.3 Å². The zero-order valence-corrected chi connectivity index (χ0v) is 9.40. The van der Waals surface area contributed by atoms with E-state index in [1.54, 1.807) is 0 Å². The van der Waals surface area contributed by atoms with E-state index in [-0.39, 0.29) is 6.10 Å². The molecule has 0 heterocycles. The average molecular weight is 209 g/mol. The Morgan fingerprint density at radius 3 is 2.67 bits per heavy atom. The number of nitrogens with two attached hydrogens (primary N) is 1. The lowest BCUT2D eigenvalue weighted by Crippen LogP contribution is -2.15. The van der Waals surface area contributed by atoms with Crippen LogP contribution < -0.4 is 10.5 Å². The highest BCUT2D eigenvalue weighted by Crippen LogP contribution is 2.21. The van der Waals surface area contributed by atoms with Crippen molar-refractivity contribution in [3.05, 3.63) is 29.8 Å². The molecule has 0 aromatic heterocycles. The summed E-state index contributed by atoms with van der Waals surface area (Å²) in [7, 11) is 0. The second kappa shape index (κ2) is 6.43. The lowest BCUT2D eigenvalue weighted by molar-refractivity contribution is 0.0686. The predicted octanol–water partition coefficient (Wildman–Crippen LogP) is 2.12. The summed E-state index contributed by atoms with van der Waals surface area (Å²) >= 11 is 0. The quantitative estimate of drug-likeness (QED) is 0.780. The van der Waals surface area contributed by atoms with Gasteiger partial charge in [0.2, 0.25) is 0 Å². The van der Waals surface area contributed by atoms with Crippen molar-refractivity contribution in [3.63, 3.8) is 0 Å². The number of rotatable bonds is 6. The normalized spacial score (nSPS) is 12.5. The Morgan fingerprint density at radius 2 is 2.07 bits per heavy atom. The van der Waals surface area contributed by atoms with Crippen molar-refractivity contribution in [2.75, 3.05) is 19.8 Å². The lowest BCUT2D eigenvalue weighted by Gasteiger charge is -2.16. The van der Waals surface area contributed by atoms with E-state index in [1.165, 1.54) is 0 Å². The summed E-state index contributed by atoms with van der Waals surface area (Å²) in [4.78, 5) is 0. The van der Waals surface area contributed by atoms with Crippen molar-refractivity contribution < 1.29 is 9.47 Å². The van der Waals surface area contributed by atoms with Gasteiger partial charge in [0.1, 0.15) is 5.75 Å². The highest BCUT2D eigenvalue weighted by atomic mass is 16.5. The molecular formula is C12H19NO2. The second-order valence-corrected chi connectivity index (χ2v) is 3.19. The maximum atomic E-state index is 5.65. The van der Waals surface area contributed by atoms with Crippen LogP contribution in [0.1, 0.15) is 25.5 Å². The van der Waals surface area contributed by atoms with Crippen molar-refractivity contribution in [3.8, 4) is 5.75 Å². The first-order valence-corrected chi connectivity index (χ1v) is 5.36. The van der Waals surface area contributed by atoms with Gasteiger partial charge in [0.05, 0.1) is 12.7 Å². The fourth-order valence-electron chi connectivity index (χ4n) is 1.47. The third kappa shape index (κ3) is 3.53. The third-order valence-corrected chi connectivity index (χ3v) is 2.12. The number of hydrogen-bond acceptors (Lipinski definition) is 3. The average Bonchev–Trinajstić information content (AvgIpc) is 2.27. The van der Waals surface area contributed by atoms with E-state index >= 15 is 0 Å². The van der Waals surface area contributed by atoms with Gasteiger partial charge < -0.3 is 15.2 Å². The van der Waals surface area contributed by atoms with Gasteiger partial charge in [0.25, 0.3) is 0 Å². The molecule has 1 rings (SSSR count). The number of hydrogen-bond donors (Lipinski definition) is 1. The molecule has 2 N–H and O–H groups in total. The molecule has 1 aromatic carbocycles. The van der Waals surface area contributed by atoms with Gasteiger partial charge in [-0.2, -0.15) is 0 Å². The summed E-state index contributed by atoms with van der Waals surface area (Å²) in [5.41, 5.74) is 6.72. The Bertz CT molecular complexity index is 289. The van der Waals surface area contributed by atoms with E-state index in [4.69, 9.17) is 15.2 Å². The Kier molecular flexibility index (Phi) is 5.15. The second-order valence-electron chi connectivity index (χ2n) is 3.19. The van der Waals surface area contributed by atoms with Gasteiger partial charge in [0.15, 0.2) is 0 Å². The lowest BCUT2D eigenvalue weighted by atomic mass is 10.1. The van der Waals surface area contributed by atoms with Crippen LogP contribution in [0.2, 0.25) is 0 Å². The molecule has 3 heteroatoms. The molecule has 1 atom stereocenters. The molecule has 0 aliphatic rings. The number of ether oxygens (including phenoxy) is 2. The van der Waals surface area contributed by atoms with Gasteiger partial charge in [-0.25, -0.2) is 0 Å². The summed E-state index contributed by atoms with van der Waals surface area (Å²) < 4.78 is 11.0. The summed E-state index contributed by atoms with van der Waals surface area (Å²) in [6.07, 6.45) is -0.0320. The standard InChI is InChI=1S/C12H19NO2/c1-3-14-11-7-5-6-10(8-11)12(9-13)15-4-2/h5-8,12H,3-4,9,13H2,1-2H3. The Balaban J connectivity index is 2.77. The molecular weight excluding hydrogens is 190 g/mol. The van der Waals surface area contributed by atoms with E-state index in [0.29, 0.717) is 19.8 Å². The first-order valence-electron chi connectivity index (χ1n) is 5.36. The molecule has 0 spiro atoms. The van der Waals surface area contributed by atoms with Gasteiger partial charge in [0, 0.05) is 13.2 Å². The summed E-state index contributed by atoms with van der Waals surface area (Å²) in [6.45, 7) is 5.76. The van der Waals surface area contributed by atoms with E-state index < -0.39 is 0 Å². The number of benzene rings is 1. The third-order valence-electron chi connectivity index (χ3n) is 2.12. The van der Waals surface area contributed by atoms with Crippen LogP contribution in [0, 0.1) is 0 Å². The van der Waals surface area contributed by atoms with Crippen LogP contribution in [-0.4, -0.2) is 19.8 Å². The maximum Gasteiger partial charge on any atom is 0.119 e. The van der Waals surface area contributed by atoms with E-state index in [2.05, 4.69) is 0 Å². The molecule has 0 saturated heterocycles. The monoisotopic (exact) mass is 209 g/mol. The minimum Gasteiger partial charge on any atom is -0.494 e. The van der Waals surface area contributed by atoms with E-state index in [9.17, 15) is 0 Å². The van der Waals surface area contributed by atoms with Crippen LogP contribution in [-0.2, 0) is 4.74 Å². The maximum absolute atomic E-state index is 5.65. The van der Waals surface area contributed by atoms with Crippen LogP contribution in [0.5, 0.6) is 5.75 Å². The zero-order valence-electron chi connectivity index (χ0n) is 9.40. The van der Waals surface area contributed by atoms with Crippen LogP contribution in [0.25, 0.3) is 0 Å². The van der Waals surface area contributed by atoms with Crippen molar-refractivity contribution in [1.29, 1.82) is 0 Å². The van der Waals surface area contributed by atoms with Crippen LogP contribution in [0.3, 0.4) is 0 Å². The summed E-state index contributed by atoms with van der Waals surface area (Å²) in [5, 5.41) is 0. The molecule has 0 aliphatic carbocycles. The largest absolute Gasteiger partial charge is 0.494 e. The first-order chi connectivity index (χ1) is 7.31. The van der Waals surface area contributed by atoms with Crippen molar-refractivity contribution in [2.45, 2.75) is 20.0 Å². The topological polar surface area (TPSA) is 44.5 Å². The molecule has 0 bridgehead atoms.